The van der Waals surface area contributed by atoms with Crippen LogP contribution in [-0.4, -0.2) is 14.6 Å². The highest BCUT2D eigenvalue weighted by Crippen LogP contribution is 2.28. The summed E-state index contributed by atoms with van der Waals surface area (Å²) in [5.74, 6) is 0. The lowest BCUT2D eigenvalue weighted by Gasteiger charge is -2.01. The van der Waals surface area contributed by atoms with Crippen molar-refractivity contribution in [1.29, 1.82) is 0 Å². The van der Waals surface area contributed by atoms with Gasteiger partial charge in [-0.1, -0.05) is 28.1 Å². The van der Waals surface area contributed by atoms with Gasteiger partial charge in [0.2, 0.25) is 0 Å². The minimum absolute atomic E-state index is 0.0909. The second-order valence-corrected chi connectivity index (χ2v) is 5.43. The number of nitrogens with one attached hydrogen (secondary N) is 1. The Hall–Kier alpha value is -1.88. The fraction of sp³-hybridized carbons (Fsp3) is 0.143. The van der Waals surface area contributed by atoms with Crippen LogP contribution in [0.3, 0.4) is 0 Å². The van der Waals surface area contributed by atoms with Crippen molar-refractivity contribution >= 4 is 21.6 Å². The molecule has 4 nitrogen and oxygen atoms in total. The molecule has 3 rings (SSSR count). The molecule has 19 heavy (non-hydrogen) atoms. The molecule has 0 bridgehead atoms. The maximum absolute atomic E-state index is 11.9. The number of benzene rings is 1. The van der Waals surface area contributed by atoms with Gasteiger partial charge in [0.25, 0.3) is 5.56 Å². The Balaban J connectivity index is 2.41. The van der Waals surface area contributed by atoms with Gasteiger partial charge in [0.1, 0.15) is 0 Å². The smallest absolute Gasteiger partial charge is 0.272 e. The summed E-state index contributed by atoms with van der Waals surface area (Å²) in [6.07, 6.45) is 0. The van der Waals surface area contributed by atoms with Gasteiger partial charge in [-0.15, -0.1) is 0 Å². The number of rotatable bonds is 1. The molecule has 0 saturated carbocycles. The third-order valence-corrected chi connectivity index (χ3v) is 3.53. The number of hydrogen-bond acceptors (Lipinski definition) is 2. The molecule has 0 aliphatic heterocycles. The zero-order valence-corrected chi connectivity index (χ0v) is 12.2. The first-order valence-corrected chi connectivity index (χ1v) is 6.70. The van der Waals surface area contributed by atoms with Gasteiger partial charge < -0.3 is 0 Å². The minimum Gasteiger partial charge on any atom is -0.293 e. The lowest BCUT2D eigenvalue weighted by Crippen LogP contribution is -2.14. The van der Waals surface area contributed by atoms with Gasteiger partial charge in [0, 0.05) is 27.5 Å². The van der Waals surface area contributed by atoms with Crippen molar-refractivity contribution in [3.05, 3.63) is 56.5 Å². The fourth-order valence-corrected chi connectivity index (χ4v) is 2.65. The molecule has 3 aromatic rings. The summed E-state index contributed by atoms with van der Waals surface area (Å²) in [6, 6.07) is 9.49. The summed E-state index contributed by atoms with van der Waals surface area (Å²) < 4.78 is 2.48. The highest BCUT2D eigenvalue weighted by atomic mass is 79.9. The van der Waals surface area contributed by atoms with E-state index in [1.165, 1.54) is 10.6 Å². The monoisotopic (exact) mass is 317 g/mol. The first-order valence-electron chi connectivity index (χ1n) is 5.91. The van der Waals surface area contributed by atoms with Gasteiger partial charge in [0.15, 0.2) is 5.65 Å². The molecule has 0 atom stereocenters. The van der Waals surface area contributed by atoms with Crippen LogP contribution < -0.4 is 5.56 Å². The molecule has 96 valence electrons. The number of aromatic amines is 1. The first-order chi connectivity index (χ1) is 9.06. The Morgan fingerprint density at radius 2 is 2.05 bits per heavy atom. The second-order valence-electron chi connectivity index (χ2n) is 4.52. The van der Waals surface area contributed by atoms with Crippen LogP contribution in [0.2, 0.25) is 0 Å². The Kier molecular flexibility index (Phi) is 2.78. The average Bonchev–Trinajstić information content (AvgIpc) is 2.66. The van der Waals surface area contributed by atoms with Gasteiger partial charge in [-0.05, 0) is 31.5 Å². The Morgan fingerprint density at radius 3 is 2.79 bits per heavy atom. The molecule has 2 aromatic heterocycles. The lowest BCUT2D eigenvalue weighted by molar-refractivity contribution is 0.873. The minimum atomic E-state index is -0.0909. The van der Waals surface area contributed by atoms with Crippen LogP contribution in [0.15, 0.2) is 39.6 Å². The zero-order chi connectivity index (χ0) is 13.6. The van der Waals surface area contributed by atoms with E-state index in [0.717, 1.165) is 27.0 Å². The summed E-state index contributed by atoms with van der Waals surface area (Å²) in [6.45, 7) is 3.77. The molecule has 0 saturated heterocycles. The number of nitrogens with zero attached hydrogens (tertiary/aromatic N) is 2. The van der Waals surface area contributed by atoms with Crippen LogP contribution in [0, 0.1) is 13.8 Å². The highest BCUT2D eigenvalue weighted by Gasteiger charge is 2.13. The van der Waals surface area contributed by atoms with Gasteiger partial charge in [-0.25, -0.2) is 9.50 Å². The molecule has 0 unspecified atom stereocenters. The normalized spacial score (nSPS) is 11.1. The fourth-order valence-electron chi connectivity index (χ4n) is 2.25. The summed E-state index contributed by atoms with van der Waals surface area (Å²) in [5.41, 5.74) is 4.21. The molecular weight excluding hydrogens is 306 g/mol. The van der Waals surface area contributed by atoms with E-state index in [1.54, 1.807) is 0 Å². The highest BCUT2D eigenvalue weighted by molar-refractivity contribution is 9.10. The Labute approximate surface area is 118 Å². The van der Waals surface area contributed by atoms with E-state index in [-0.39, 0.29) is 5.56 Å². The molecule has 0 aliphatic carbocycles. The van der Waals surface area contributed by atoms with Gasteiger partial charge in [-0.3, -0.25) is 9.89 Å². The maximum atomic E-state index is 11.9. The Bertz CT molecular complexity index is 832. The average molecular weight is 318 g/mol. The lowest BCUT2D eigenvalue weighted by atomic mass is 10.1. The topological polar surface area (TPSA) is 50.2 Å². The molecule has 5 heteroatoms. The predicted molar refractivity (Wildman–Crippen MR) is 78.4 cm³/mol. The van der Waals surface area contributed by atoms with Crippen molar-refractivity contribution < 1.29 is 0 Å². The van der Waals surface area contributed by atoms with Crippen LogP contribution in [0.4, 0.5) is 0 Å². The molecule has 2 heterocycles. The number of aryl methyl sites for hydroxylation is 2. The van der Waals surface area contributed by atoms with E-state index in [9.17, 15) is 4.79 Å². The van der Waals surface area contributed by atoms with E-state index in [0.29, 0.717) is 5.65 Å². The summed E-state index contributed by atoms with van der Waals surface area (Å²) in [5, 5.41) is 3.07. The van der Waals surface area contributed by atoms with Crippen molar-refractivity contribution in [2.75, 3.05) is 0 Å². The van der Waals surface area contributed by atoms with Crippen LogP contribution >= 0.6 is 15.9 Å². The Morgan fingerprint density at radius 1 is 1.26 bits per heavy atom. The van der Waals surface area contributed by atoms with Gasteiger partial charge in [0.05, 0.1) is 0 Å². The first kappa shape index (κ1) is 12.2. The van der Waals surface area contributed by atoms with Crippen LogP contribution in [0.5, 0.6) is 0 Å². The summed E-state index contributed by atoms with van der Waals surface area (Å²) in [4.78, 5) is 16.4. The molecular formula is C14H12BrN3O. The van der Waals surface area contributed by atoms with Crippen molar-refractivity contribution in [2.24, 2.45) is 0 Å². The van der Waals surface area contributed by atoms with E-state index < -0.39 is 0 Å². The largest absolute Gasteiger partial charge is 0.293 e. The van der Waals surface area contributed by atoms with Crippen molar-refractivity contribution in [3.8, 4) is 11.1 Å². The van der Waals surface area contributed by atoms with Crippen LogP contribution in [0.1, 0.15) is 11.4 Å². The number of fused-ring (bicyclic) bond motifs is 1. The third kappa shape index (κ3) is 2.00. The standard InChI is InChI=1S/C14H12BrN3O/c1-8-6-12(19)18-14(16-8)13(9(2)17-18)10-4-3-5-11(15)7-10/h3-7,17H,1-2H3. The zero-order valence-electron chi connectivity index (χ0n) is 10.6. The van der Waals surface area contributed by atoms with Crippen molar-refractivity contribution in [1.82, 2.24) is 14.6 Å². The van der Waals surface area contributed by atoms with Crippen molar-refractivity contribution in [3.63, 3.8) is 0 Å². The van der Waals surface area contributed by atoms with Crippen molar-refractivity contribution in [2.45, 2.75) is 13.8 Å². The van der Waals surface area contributed by atoms with E-state index in [4.69, 9.17) is 0 Å². The molecule has 0 aliphatic rings. The third-order valence-electron chi connectivity index (χ3n) is 3.04. The molecule has 0 fully saturated rings. The molecule has 0 radical (unpaired) electrons. The second kappa shape index (κ2) is 4.35. The number of aromatic nitrogens is 3. The molecule has 0 spiro atoms. The van der Waals surface area contributed by atoms with Crippen LogP contribution in [-0.2, 0) is 0 Å². The number of H-pyrrole nitrogens is 1. The van der Waals surface area contributed by atoms with Crippen LogP contribution in [0.25, 0.3) is 16.8 Å². The molecule has 0 amide bonds. The van der Waals surface area contributed by atoms with E-state index in [2.05, 4.69) is 26.0 Å². The molecule has 1 N–H and O–H groups in total. The SMILES string of the molecule is Cc1cc(=O)n2[nH]c(C)c(-c3cccc(Br)c3)c2n1. The van der Waals surface area contributed by atoms with E-state index >= 15 is 0 Å². The predicted octanol–water partition coefficient (Wildman–Crippen LogP) is 3.07. The van der Waals surface area contributed by atoms with E-state index in [1.807, 2.05) is 38.1 Å². The number of hydrogen-bond donors (Lipinski definition) is 1. The summed E-state index contributed by atoms with van der Waals surface area (Å²) >= 11 is 3.47. The quantitative estimate of drug-likeness (QED) is 0.750. The van der Waals surface area contributed by atoms with Gasteiger partial charge >= 0.3 is 0 Å². The maximum Gasteiger partial charge on any atom is 0.272 e. The van der Waals surface area contributed by atoms with Gasteiger partial charge in [-0.2, -0.15) is 0 Å². The number of halogens is 1. The molecule has 1 aromatic carbocycles. The summed E-state index contributed by atoms with van der Waals surface area (Å²) in [7, 11) is 0.